The van der Waals surface area contributed by atoms with Crippen molar-refractivity contribution in [1.29, 1.82) is 0 Å². The number of hydrogen-bond donors (Lipinski definition) is 18. The summed E-state index contributed by atoms with van der Waals surface area (Å²) in [6.07, 6.45) is -42.3. The summed E-state index contributed by atoms with van der Waals surface area (Å²) in [5, 5.41) is 196. The van der Waals surface area contributed by atoms with Crippen LogP contribution in [0.15, 0.2) is 11.6 Å². The van der Waals surface area contributed by atoms with E-state index in [9.17, 15) is 91.9 Å². The first-order valence-electron chi connectivity index (χ1n) is 33.6. The monoisotopic (exact) mass is 1370 g/mol. The van der Waals surface area contributed by atoms with Gasteiger partial charge in [-0.15, -0.1) is 0 Å². The fourth-order valence-electron chi connectivity index (χ4n) is 18.9. The molecule has 0 amide bonds. The molecule has 31 heteroatoms. The molecule has 37 atom stereocenters. The number of rotatable bonds is 15. The van der Waals surface area contributed by atoms with E-state index < -0.39 is 250 Å². The Morgan fingerprint density at radius 3 is 1.72 bits per heavy atom. The molecular weight excluding hydrogens is 1260 g/mol. The first-order valence-corrected chi connectivity index (χ1v) is 33.6. The van der Waals surface area contributed by atoms with E-state index in [4.69, 9.17) is 56.8 Å². The normalized spacial score (nSPS) is 54.6. The highest BCUT2D eigenvalue weighted by molar-refractivity contribution is 5.79. The molecule has 6 heterocycles. The molecule has 0 unspecified atom stereocenters. The van der Waals surface area contributed by atoms with Gasteiger partial charge in [0, 0.05) is 0 Å². The van der Waals surface area contributed by atoms with E-state index in [0.717, 1.165) is 12.0 Å². The lowest BCUT2D eigenvalue weighted by Gasteiger charge is -2.71. The average Bonchev–Trinajstić information content (AvgIpc) is 0.674. The minimum Gasteiger partial charge on any atom is -0.432 e. The zero-order chi connectivity index (χ0) is 69.3. The Morgan fingerprint density at radius 1 is 0.495 bits per heavy atom. The van der Waals surface area contributed by atoms with Crippen LogP contribution in [0.5, 0.6) is 0 Å². The summed E-state index contributed by atoms with van der Waals surface area (Å²) in [6, 6.07) is 0. The van der Waals surface area contributed by atoms with Crippen LogP contribution in [-0.4, -0.2) is 315 Å². The highest BCUT2D eigenvalue weighted by atomic mass is 16.8. The molecule has 18 N–H and O–H groups in total. The minimum atomic E-state index is -2.00. The molecule has 546 valence electrons. The number of carbonyl (C=O) groups excluding carboxylic acids is 1. The molecule has 0 radical (unpaired) electrons. The number of esters is 1. The van der Waals surface area contributed by atoms with Gasteiger partial charge in [0.25, 0.3) is 0 Å². The maximum atomic E-state index is 15.6. The smallest absolute Gasteiger partial charge is 0.315 e. The molecule has 0 aromatic rings. The van der Waals surface area contributed by atoms with E-state index in [1.165, 1.54) is 6.92 Å². The van der Waals surface area contributed by atoms with Crippen LogP contribution in [0.4, 0.5) is 0 Å². The van der Waals surface area contributed by atoms with Gasteiger partial charge in [0.05, 0.1) is 56.8 Å². The van der Waals surface area contributed by atoms with Crippen LogP contribution in [0.3, 0.4) is 0 Å². The maximum Gasteiger partial charge on any atom is 0.315 e. The molecule has 10 fully saturated rings. The SMILES string of the molecule is C[C@H]1O[C@@H](OC(=O)[C@]23CCC(C)(C)C[C@H]2C2=CC[C@@H]4[C@@]5(C)C[C@H](O)[C@H](O[C@@H]6O[C@@H](CO)[C@@H](O)[C@@H](O[C@@H]7OC[C@@H](O)[C@H](O)[C@@H]7O[C@@H]7OC[C@@H](O)[C@H](O)[C@@H]7O)[C@@H]6O)C(C)(C)[C@@H]5CC[C@]4(C)[C@@]2(C)CC3)[C@H](O[C@@H]2O[C@@H](CO[C@@H]3O[C@@H](CO)[C@H](O)[C@@H](O)[C@@H]3O)[C@@H](O)[C@H](O)[C@H]2O)[C@H](O)[C@@H]1O. The van der Waals surface area contributed by atoms with E-state index in [1.54, 1.807) is 0 Å². The van der Waals surface area contributed by atoms with Gasteiger partial charge in [0.15, 0.2) is 37.6 Å². The van der Waals surface area contributed by atoms with Crippen molar-refractivity contribution in [1.82, 2.24) is 0 Å². The summed E-state index contributed by atoms with van der Waals surface area (Å²) in [4.78, 5) is 15.6. The summed E-state index contributed by atoms with van der Waals surface area (Å²) in [6.45, 7) is 13.4. The Balaban J connectivity index is 0.801. The maximum absolute atomic E-state index is 15.6. The van der Waals surface area contributed by atoms with Gasteiger partial charge in [0.2, 0.25) is 6.29 Å². The molecule has 0 spiro atoms. The van der Waals surface area contributed by atoms with Crippen molar-refractivity contribution in [2.24, 2.45) is 50.2 Å². The van der Waals surface area contributed by atoms with E-state index in [0.29, 0.717) is 44.9 Å². The highest BCUT2D eigenvalue weighted by Gasteiger charge is 2.71. The molecule has 31 nitrogen and oxygen atoms in total. The predicted octanol–water partition coefficient (Wildman–Crippen LogP) is -5.11. The van der Waals surface area contributed by atoms with E-state index in [-0.39, 0.29) is 29.6 Å². The van der Waals surface area contributed by atoms with Crippen LogP contribution < -0.4 is 0 Å². The predicted molar refractivity (Wildman–Crippen MR) is 316 cm³/mol. The quantitative estimate of drug-likeness (QED) is 0.0414. The van der Waals surface area contributed by atoms with E-state index in [2.05, 4.69) is 40.7 Å². The van der Waals surface area contributed by atoms with Crippen LogP contribution in [0.2, 0.25) is 0 Å². The second-order valence-corrected chi connectivity index (χ2v) is 31.2. The number of hydrogen-bond acceptors (Lipinski definition) is 31. The molecule has 0 aromatic heterocycles. The Kier molecular flexibility index (Phi) is 21.6. The molecule has 11 rings (SSSR count). The third-order valence-corrected chi connectivity index (χ3v) is 24.7. The Bertz CT molecular complexity index is 2670. The van der Waals surface area contributed by atoms with Crippen molar-refractivity contribution in [3.05, 3.63) is 11.6 Å². The van der Waals surface area contributed by atoms with Crippen molar-refractivity contribution < 1.29 is 154 Å². The van der Waals surface area contributed by atoms with Gasteiger partial charge in [-0.1, -0.05) is 60.1 Å². The largest absolute Gasteiger partial charge is 0.432 e. The molecule has 6 saturated heterocycles. The number of allylic oxidation sites excluding steroid dienone is 2. The van der Waals surface area contributed by atoms with E-state index >= 15 is 4.79 Å². The second-order valence-electron chi connectivity index (χ2n) is 31.2. The minimum absolute atomic E-state index is 0.0246. The Hall–Kier alpha value is -1.95. The first-order chi connectivity index (χ1) is 44.5. The summed E-state index contributed by atoms with van der Waals surface area (Å²) >= 11 is 0. The molecule has 95 heavy (non-hydrogen) atoms. The zero-order valence-electron chi connectivity index (χ0n) is 54.9. The first kappa shape index (κ1) is 74.2. The summed E-state index contributed by atoms with van der Waals surface area (Å²) in [5.41, 5.74) is -2.53. The fraction of sp³-hybridized carbons (Fsp3) is 0.953. The van der Waals surface area contributed by atoms with Gasteiger partial charge in [-0.05, 0) is 110 Å². The van der Waals surface area contributed by atoms with Gasteiger partial charge in [-0.25, -0.2) is 0 Å². The van der Waals surface area contributed by atoms with Crippen LogP contribution >= 0.6 is 0 Å². The number of aliphatic hydroxyl groups excluding tert-OH is 18. The van der Waals surface area contributed by atoms with Crippen LogP contribution in [0.25, 0.3) is 0 Å². The summed E-state index contributed by atoms with van der Waals surface area (Å²) < 4.78 is 71.3. The standard InChI is InChI=1S/C64H104O31/c1-24-35(70)43(78)50(93-54-46(81)42(77)39(74)32(90-54)23-86-52-45(80)41(76)38(73)30(19-65)88-52)57(87-24)95-58(83)64-15-13-59(2,3)17-26(64)25-9-10-34-61(6)18-27(67)51(60(4,5)33(61)11-12-63(34,8)62(25,7)14-16-64)94-55-47(82)48(40(75)31(20-66)89-55)91-56-49(37(72)29(69)22-85-56)92-53-44(79)36(71)28(68)21-84-53/h9,24,26-57,65-82H,10-23H2,1-8H3/t24-,26+,27+,28-,29-,30+,31+,32+,33+,34-,35-,36+,37+,38+,39-,40-,41-,42+,43-,44+,45+,46-,47+,48-,49+,50-,51+,52-,53+,54+,55+,56+,57+,61+,62+,63+,64+/m1/s1. The lowest BCUT2D eigenvalue weighted by atomic mass is 9.33. The van der Waals surface area contributed by atoms with E-state index in [1.807, 2.05) is 13.8 Å². The Morgan fingerprint density at radius 2 is 1.04 bits per heavy atom. The van der Waals surface area contributed by atoms with Gasteiger partial charge in [-0.3, -0.25) is 4.79 Å². The Labute approximate surface area is 550 Å². The second kappa shape index (κ2) is 27.7. The lowest BCUT2D eigenvalue weighted by Crippen LogP contribution is -2.69. The molecule has 4 saturated carbocycles. The fourth-order valence-corrected chi connectivity index (χ4v) is 18.9. The molecule has 6 aliphatic heterocycles. The number of fused-ring (bicyclic) bond motifs is 7. The zero-order valence-corrected chi connectivity index (χ0v) is 54.9. The van der Waals surface area contributed by atoms with Crippen molar-refractivity contribution in [3.63, 3.8) is 0 Å². The van der Waals surface area contributed by atoms with Gasteiger partial charge in [-0.2, -0.15) is 0 Å². The lowest BCUT2D eigenvalue weighted by molar-refractivity contribution is -0.381. The van der Waals surface area contributed by atoms with Crippen LogP contribution in [0.1, 0.15) is 113 Å². The van der Waals surface area contributed by atoms with Crippen molar-refractivity contribution >= 4 is 5.97 Å². The summed E-state index contributed by atoms with van der Waals surface area (Å²) in [7, 11) is 0. The average molecular weight is 1370 g/mol. The molecule has 11 aliphatic rings. The van der Waals surface area contributed by atoms with Gasteiger partial charge in [0.1, 0.15) is 122 Å². The van der Waals surface area contributed by atoms with Gasteiger partial charge < -0.3 is 149 Å². The van der Waals surface area contributed by atoms with Crippen molar-refractivity contribution in [2.75, 3.05) is 33.0 Å². The molecule has 0 aromatic carbocycles. The molecule has 0 bridgehead atoms. The van der Waals surface area contributed by atoms with Crippen molar-refractivity contribution in [2.45, 2.75) is 297 Å². The third-order valence-electron chi connectivity index (χ3n) is 24.7. The number of carbonyl (C=O) groups is 1. The molecular formula is C64H104O31. The number of aliphatic hydroxyl groups is 18. The topological polar surface area (TPSA) is 492 Å². The third kappa shape index (κ3) is 12.8. The van der Waals surface area contributed by atoms with Crippen molar-refractivity contribution in [3.8, 4) is 0 Å². The highest BCUT2D eigenvalue weighted by Crippen LogP contribution is 2.76. The number of ether oxygens (including phenoxy) is 12. The van der Waals surface area contributed by atoms with Crippen LogP contribution in [0, 0.1) is 50.2 Å². The molecule has 5 aliphatic carbocycles. The summed E-state index contributed by atoms with van der Waals surface area (Å²) in [5.74, 6) is -1.12. The van der Waals surface area contributed by atoms with Gasteiger partial charge >= 0.3 is 5.97 Å². The van der Waals surface area contributed by atoms with Crippen LogP contribution in [-0.2, 0) is 61.6 Å².